The SMILES string of the molecule is CCn1cc(C(=O)N2CCCC(c3nccn3Cc3cscn3)C2)c(C)n1. The van der Waals surface area contributed by atoms with Gasteiger partial charge in [-0.25, -0.2) is 9.97 Å². The monoisotopic (exact) mass is 384 g/mol. The molecular formula is C19H24N6OS. The Hall–Kier alpha value is -2.48. The van der Waals surface area contributed by atoms with Crippen molar-refractivity contribution in [2.45, 2.75) is 45.7 Å². The molecule has 8 heteroatoms. The number of thiazole rings is 1. The number of rotatable bonds is 5. The van der Waals surface area contributed by atoms with Gasteiger partial charge in [0.15, 0.2) is 0 Å². The van der Waals surface area contributed by atoms with Crippen LogP contribution in [0.15, 0.2) is 29.5 Å². The summed E-state index contributed by atoms with van der Waals surface area (Å²) in [6, 6.07) is 0. The Morgan fingerprint density at radius 2 is 2.26 bits per heavy atom. The number of hydrogen-bond donors (Lipinski definition) is 0. The van der Waals surface area contributed by atoms with Crippen LogP contribution in [0.5, 0.6) is 0 Å². The van der Waals surface area contributed by atoms with Crippen molar-refractivity contribution < 1.29 is 4.79 Å². The smallest absolute Gasteiger partial charge is 0.257 e. The summed E-state index contributed by atoms with van der Waals surface area (Å²) in [6.45, 7) is 6.92. The second-order valence-corrected chi connectivity index (χ2v) is 7.69. The van der Waals surface area contributed by atoms with E-state index in [1.54, 1.807) is 11.3 Å². The van der Waals surface area contributed by atoms with Gasteiger partial charge in [-0.2, -0.15) is 5.10 Å². The lowest BCUT2D eigenvalue weighted by atomic mass is 9.96. The summed E-state index contributed by atoms with van der Waals surface area (Å²) in [7, 11) is 0. The third-order valence-corrected chi connectivity index (χ3v) is 5.77. The third-order valence-electron chi connectivity index (χ3n) is 5.14. The Balaban J connectivity index is 1.51. The Bertz CT molecular complexity index is 913. The highest BCUT2D eigenvalue weighted by atomic mass is 32.1. The molecule has 27 heavy (non-hydrogen) atoms. The van der Waals surface area contributed by atoms with Gasteiger partial charge in [0.25, 0.3) is 5.91 Å². The fourth-order valence-electron chi connectivity index (χ4n) is 3.74. The van der Waals surface area contributed by atoms with Gasteiger partial charge in [-0.3, -0.25) is 9.48 Å². The highest BCUT2D eigenvalue weighted by molar-refractivity contribution is 7.07. The second-order valence-electron chi connectivity index (χ2n) is 6.97. The maximum absolute atomic E-state index is 13.0. The minimum absolute atomic E-state index is 0.0782. The molecule has 0 spiro atoms. The van der Waals surface area contributed by atoms with E-state index in [1.165, 1.54) is 0 Å². The van der Waals surface area contributed by atoms with Crippen molar-refractivity contribution in [2.24, 2.45) is 0 Å². The zero-order chi connectivity index (χ0) is 18.8. The summed E-state index contributed by atoms with van der Waals surface area (Å²) in [5.74, 6) is 1.37. The molecule has 0 N–H and O–H groups in total. The molecule has 1 amide bonds. The van der Waals surface area contributed by atoms with Crippen LogP contribution < -0.4 is 0 Å². The van der Waals surface area contributed by atoms with Gasteiger partial charge in [-0.05, 0) is 26.7 Å². The van der Waals surface area contributed by atoms with Crippen LogP contribution in [0.25, 0.3) is 0 Å². The van der Waals surface area contributed by atoms with Gasteiger partial charge in [0, 0.05) is 49.5 Å². The molecule has 1 saturated heterocycles. The van der Waals surface area contributed by atoms with Gasteiger partial charge in [0.2, 0.25) is 0 Å². The molecular weight excluding hydrogens is 360 g/mol. The van der Waals surface area contributed by atoms with Gasteiger partial charge in [-0.1, -0.05) is 0 Å². The lowest BCUT2D eigenvalue weighted by Gasteiger charge is -2.32. The molecule has 3 aromatic heterocycles. The Labute approximate surface area is 162 Å². The van der Waals surface area contributed by atoms with Gasteiger partial charge >= 0.3 is 0 Å². The Morgan fingerprint density at radius 3 is 3.00 bits per heavy atom. The van der Waals surface area contributed by atoms with E-state index in [9.17, 15) is 4.79 Å². The minimum Gasteiger partial charge on any atom is -0.338 e. The van der Waals surface area contributed by atoms with Crippen molar-refractivity contribution in [1.29, 1.82) is 0 Å². The highest BCUT2D eigenvalue weighted by Gasteiger charge is 2.29. The van der Waals surface area contributed by atoms with Gasteiger partial charge in [0.05, 0.1) is 29.0 Å². The summed E-state index contributed by atoms with van der Waals surface area (Å²) in [5, 5.41) is 6.48. The molecule has 0 saturated carbocycles. The van der Waals surface area contributed by atoms with Gasteiger partial charge in [-0.15, -0.1) is 11.3 Å². The summed E-state index contributed by atoms with van der Waals surface area (Å²) in [6.07, 6.45) is 7.75. The first kappa shape index (κ1) is 17.9. The summed E-state index contributed by atoms with van der Waals surface area (Å²) in [4.78, 5) is 24.0. The van der Waals surface area contributed by atoms with Gasteiger partial charge < -0.3 is 9.47 Å². The van der Waals surface area contributed by atoms with E-state index in [-0.39, 0.29) is 11.8 Å². The molecule has 7 nitrogen and oxygen atoms in total. The van der Waals surface area contributed by atoms with E-state index in [1.807, 2.05) is 47.5 Å². The van der Waals surface area contributed by atoms with Crippen LogP contribution in [0, 0.1) is 6.92 Å². The molecule has 0 aromatic carbocycles. The number of carbonyl (C=O) groups excluding carboxylic acids is 1. The van der Waals surface area contributed by atoms with Crippen LogP contribution in [0.2, 0.25) is 0 Å². The second kappa shape index (κ2) is 7.64. The number of aryl methyl sites for hydroxylation is 2. The van der Waals surface area contributed by atoms with Crippen molar-refractivity contribution in [3.05, 3.63) is 52.3 Å². The molecule has 3 aromatic rings. The van der Waals surface area contributed by atoms with E-state index < -0.39 is 0 Å². The lowest BCUT2D eigenvalue weighted by molar-refractivity contribution is 0.0702. The first-order valence-electron chi connectivity index (χ1n) is 9.37. The zero-order valence-corrected chi connectivity index (χ0v) is 16.5. The Kier molecular flexibility index (Phi) is 5.07. The lowest BCUT2D eigenvalue weighted by Crippen LogP contribution is -2.40. The highest BCUT2D eigenvalue weighted by Crippen LogP contribution is 2.27. The minimum atomic E-state index is 0.0782. The normalized spacial score (nSPS) is 17.4. The van der Waals surface area contributed by atoms with Crippen LogP contribution in [-0.4, -0.2) is 48.2 Å². The van der Waals surface area contributed by atoms with Gasteiger partial charge in [0.1, 0.15) is 5.82 Å². The average Bonchev–Trinajstić information content (AvgIpc) is 3.43. The standard InChI is InChI=1S/C19H24N6OS/c1-3-25-11-17(14(2)22-25)19(26)24-7-4-5-15(9-24)18-20-6-8-23(18)10-16-12-27-13-21-16/h6,8,11-13,15H,3-5,7,9-10H2,1-2H3. The largest absolute Gasteiger partial charge is 0.338 e. The molecule has 1 atom stereocenters. The van der Waals surface area contributed by atoms with Crippen LogP contribution in [0.3, 0.4) is 0 Å². The number of likely N-dealkylation sites (tertiary alicyclic amines) is 1. The molecule has 1 fully saturated rings. The number of carbonyl (C=O) groups is 1. The molecule has 0 aliphatic carbocycles. The van der Waals surface area contributed by atoms with E-state index in [0.717, 1.165) is 49.7 Å². The van der Waals surface area contributed by atoms with E-state index in [2.05, 4.69) is 25.0 Å². The first-order chi connectivity index (χ1) is 13.2. The predicted molar refractivity (Wildman–Crippen MR) is 104 cm³/mol. The van der Waals surface area contributed by atoms with Crippen molar-refractivity contribution in [3.63, 3.8) is 0 Å². The molecule has 0 radical (unpaired) electrons. The quantitative estimate of drug-likeness (QED) is 0.678. The van der Waals surface area contributed by atoms with Crippen molar-refractivity contribution >= 4 is 17.2 Å². The van der Waals surface area contributed by atoms with Crippen molar-refractivity contribution in [2.75, 3.05) is 13.1 Å². The third kappa shape index (κ3) is 3.66. The van der Waals surface area contributed by atoms with E-state index in [0.29, 0.717) is 12.1 Å². The summed E-state index contributed by atoms with van der Waals surface area (Å²) < 4.78 is 3.98. The average molecular weight is 385 g/mol. The zero-order valence-electron chi connectivity index (χ0n) is 15.7. The summed E-state index contributed by atoms with van der Waals surface area (Å²) >= 11 is 1.60. The van der Waals surface area contributed by atoms with Crippen LogP contribution in [0.4, 0.5) is 0 Å². The molecule has 4 heterocycles. The fraction of sp³-hybridized carbons (Fsp3) is 0.474. The van der Waals surface area contributed by atoms with E-state index >= 15 is 0 Å². The van der Waals surface area contributed by atoms with Crippen LogP contribution in [-0.2, 0) is 13.1 Å². The van der Waals surface area contributed by atoms with E-state index in [4.69, 9.17) is 0 Å². The number of imidazole rings is 1. The Morgan fingerprint density at radius 1 is 1.37 bits per heavy atom. The fourth-order valence-corrected chi connectivity index (χ4v) is 4.29. The molecule has 0 bridgehead atoms. The number of piperidine rings is 1. The number of aromatic nitrogens is 5. The van der Waals surface area contributed by atoms with Crippen LogP contribution >= 0.6 is 11.3 Å². The first-order valence-corrected chi connectivity index (χ1v) is 10.3. The molecule has 1 unspecified atom stereocenters. The van der Waals surface area contributed by atoms with Crippen LogP contribution in [0.1, 0.15) is 53.3 Å². The number of amides is 1. The topological polar surface area (TPSA) is 68.8 Å². The van der Waals surface area contributed by atoms with Crippen molar-refractivity contribution in [1.82, 2.24) is 29.2 Å². The maximum Gasteiger partial charge on any atom is 0.257 e. The predicted octanol–water partition coefficient (Wildman–Crippen LogP) is 2.93. The summed E-state index contributed by atoms with van der Waals surface area (Å²) in [5.41, 5.74) is 4.41. The van der Waals surface area contributed by atoms with Crippen molar-refractivity contribution in [3.8, 4) is 0 Å². The maximum atomic E-state index is 13.0. The number of hydrogen-bond acceptors (Lipinski definition) is 5. The molecule has 1 aliphatic rings. The number of nitrogens with zero attached hydrogens (tertiary/aromatic N) is 6. The molecule has 4 rings (SSSR count). The molecule has 1 aliphatic heterocycles. The molecule has 142 valence electrons.